The van der Waals surface area contributed by atoms with Gasteiger partial charge in [0, 0.05) is 0 Å². The van der Waals surface area contributed by atoms with Crippen LogP contribution in [0.25, 0.3) is 0 Å². The van der Waals surface area contributed by atoms with Crippen LogP contribution in [0.2, 0.25) is 0 Å². The number of fused-ring (bicyclic) bond motifs is 1. The van der Waals surface area contributed by atoms with Gasteiger partial charge in [0.1, 0.15) is 5.75 Å². The van der Waals surface area contributed by atoms with Crippen LogP contribution in [0.5, 0.6) is 5.75 Å². The first-order chi connectivity index (χ1) is 9.29. The maximum absolute atomic E-state index is 11.5. The summed E-state index contributed by atoms with van der Waals surface area (Å²) in [6.07, 6.45) is 3.79. The Morgan fingerprint density at radius 1 is 1.37 bits per heavy atom. The molecule has 0 saturated heterocycles. The summed E-state index contributed by atoms with van der Waals surface area (Å²) in [5.74, 6) is 0.810. The van der Waals surface area contributed by atoms with E-state index in [0.717, 1.165) is 37.4 Å². The summed E-state index contributed by atoms with van der Waals surface area (Å²) < 4.78 is 5.54. The number of aryl methyl sites for hydroxylation is 1. The molecule has 0 atom stereocenters. The number of unbranched alkanes of at least 4 members (excludes halogenated alkanes) is 1. The minimum atomic E-state index is 0.0306. The molecule has 19 heavy (non-hydrogen) atoms. The number of benzene rings is 1. The van der Waals surface area contributed by atoms with E-state index < -0.39 is 0 Å². The smallest absolute Gasteiger partial charge is 0.227 e. The molecule has 1 aromatic rings. The van der Waals surface area contributed by atoms with Gasteiger partial charge in [-0.2, -0.15) is 0 Å². The number of anilines is 1. The van der Waals surface area contributed by atoms with Crippen LogP contribution >= 0.6 is 0 Å². The largest absolute Gasteiger partial charge is 0.491 e. The van der Waals surface area contributed by atoms with Gasteiger partial charge in [-0.1, -0.05) is 13.0 Å². The molecule has 4 heteroatoms. The molecular weight excluding hydrogens is 240 g/mol. The van der Waals surface area contributed by atoms with Crippen molar-refractivity contribution in [3.05, 3.63) is 23.8 Å². The van der Waals surface area contributed by atoms with E-state index >= 15 is 0 Å². The van der Waals surface area contributed by atoms with E-state index in [1.807, 2.05) is 12.1 Å². The Balaban J connectivity index is 1.90. The van der Waals surface area contributed by atoms with Gasteiger partial charge < -0.3 is 15.4 Å². The second kappa shape index (κ2) is 7.14. The van der Waals surface area contributed by atoms with Crippen LogP contribution in [0.3, 0.4) is 0 Å². The number of rotatable bonds is 6. The molecule has 1 aromatic carbocycles. The molecule has 0 spiro atoms. The molecular formula is C15H22N2O2. The average molecular weight is 262 g/mol. The van der Waals surface area contributed by atoms with Gasteiger partial charge in [-0.3, -0.25) is 4.79 Å². The fourth-order valence-electron chi connectivity index (χ4n) is 2.18. The highest BCUT2D eigenvalue weighted by Crippen LogP contribution is 2.28. The molecule has 0 aliphatic carbocycles. The van der Waals surface area contributed by atoms with Crippen LogP contribution in [-0.2, 0) is 11.2 Å². The van der Waals surface area contributed by atoms with Gasteiger partial charge in [-0.15, -0.1) is 0 Å². The first-order valence-electron chi connectivity index (χ1n) is 7.06. The van der Waals surface area contributed by atoms with Gasteiger partial charge in [0.05, 0.1) is 18.7 Å². The number of amides is 1. The van der Waals surface area contributed by atoms with E-state index in [9.17, 15) is 4.79 Å². The Bertz CT molecular complexity index is 432. The zero-order valence-corrected chi connectivity index (χ0v) is 11.5. The van der Waals surface area contributed by atoms with Crippen molar-refractivity contribution in [1.82, 2.24) is 5.32 Å². The summed E-state index contributed by atoms with van der Waals surface area (Å²) >= 11 is 0. The summed E-state index contributed by atoms with van der Waals surface area (Å²) in [5.41, 5.74) is 2.06. The maximum Gasteiger partial charge on any atom is 0.227 e. The zero-order chi connectivity index (χ0) is 13.5. The number of hydrogen-bond acceptors (Lipinski definition) is 3. The summed E-state index contributed by atoms with van der Waals surface area (Å²) in [7, 11) is 0. The topological polar surface area (TPSA) is 50.4 Å². The molecule has 0 radical (unpaired) electrons. The van der Waals surface area contributed by atoms with E-state index in [4.69, 9.17) is 4.74 Å². The fourth-order valence-corrected chi connectivity index (χ4v) is 2.18. The van der Waals surface area contributed by atoms with Gasteiger partial charge in [0.15, 0.2) is 0 Å². The molecule has 1 aliphatic heterocycles. The van der Waals surface area contributed by atoms with E-state index in [-0.39, 0.29) is 5.91 Å². The second-order valence-electron chi connectivity index (χ2n) is 4.79. The third-order valence-electron chi connectivity index (χ3n) is 3.22. The van der Waals surface area contributed by atoms with Crippen LogP contribution in [0, 0.1) is 0 Å². The van der Waals surface area contributed by atoms with Gasteiger partial charge in [-0.25, -0.2) is 0 Å². The fraction of sp³-hybridized carbons (Fsp3) is 0.533. The molecule has 1 heterocycles. The third-order valence-corrected chi connectivity index (χ3v) is 3.22. The van der Waals surface area contributed by atoms with Crippen molar-refractivity contribution in [2.45, 2.75) is 32.6 Å². The minimum absolute atomic E-state index is 0.0306. The summed E-state index contributed by atoms with van der Waals surface area (Å²) in [4.78, 5) is 11.5. The first-order valence-corrected chi connectivity index (χ1v) is 7.06. The predicted molar refractivity (Wildman–Crippen MR) is 76.7 cm³/mol. The van der Waals surface area contributed by atoms with Gasteiger partial charge in [0.2, 0.25) is 5.91 Å². The Kier molecular flexibility index (Phi) is 5.21. The van der Waals surface area contributed by atoms with Crippen molar-refractivity contribution < 1.29 is 9.53 Å². The van der Waals surface area contributed by atoms with Crippen LogP contribution in [0.4, 0.5) is 5.69 Å². The van der Waals surface area contributed by atoms with E-state index in [1.165, 1.54) is 12.0 Å². The van der Waals surface area contributed by atoms with Crippen LogP contribution < -0.4 is 15.4 Å². The van der Waals surface area contributed by atoms with Gasteiger partial charge in [0.25, 0.3) is 0 Å². The molecule has 4 nitrogen and oxygen atoms in total. The van der Waals surface area contributed by atoms with Crippen molar-refractivity contribution in [2.75, 3.05) is 25.0 Å². The number of ether oxygens (including phenoxy) is 1. The van der Waals surface area contributed by atoms with Crippen LogP contribution in [-0.4, -0.2) is 25.6 Å². The van der Waals surface area contributed by atoms with E-state index in [1.54, 1.807) is 0 Å². The highest BCUT2D eigenvalue weighted by molar-refractivity contribution is 5.93. The first kappa shape index (κ1) is 13.9. The van der Waals surface area contributed by atoms with Gasteiger partial charge in [-0.05, 0) is 50.0 Å². The molecule has 1 amide bonds. The lowest BCUT2D eigenvalue weighted by molar-refractivity contribution is -0.116. The molecule has 2 rings (SSSR count). The highest BCUT2D eigenvalue weighted by atomic mass is 16.5. The lowest BCUT2D eigenvalue weighted by Gasteiger charge is -2.09. The average Bonchev–Trinajstić information content (AvgIpc) is 2.58. The second-order valence-corrected chi connectivity index (χ2v) is 4.79. The summed E-state index contributed by atoms with van der Waals surface area (Å²) in [5, 5.41) is 6.22. The molecule has 0 fully saturated rings. The Hall–Kier alpha value is -1.55. The van der Waals surface area contributed by atoms with Crippen molar-refractivity contribution in [1.29, 1.82) is 0 Å². The number of hydrogen-bond donors (Lipinski definition) is 2. The van der Waals surface area contributed by atoms with E-state index in [0.29, 0.717) is 13.0 Å². The SMILES string of the molecule is CCNCCCCc1ccc2c(c1)NC(=O)CCO2. The number of carbonyl (C=O) groups is 1. The molecule has 104 valence electrons. The van der Waals surface area contributed by atoms with Crippen molar-refractivity contribution in [3.8, 4) is 5.75 Å². The van der Waals surface area contributed by atoms with Crippen LogP contribution in [0.1, 0.15) is 31.7 Å². The highest BCUT2D eigenvalue weighted by Gasteiger charge is 2.13. The quantitative estimate of drug-likeness (QED) is 0.774. The molecule has 1 aliphatic rings. The van der Waals surface area contributed by atoms with E-state index in [2.05, 4.69) is 23.6 Å². The van der Waals surface area contributed by atoms with Crippen molar-refractivity contribution in [2.24, 2.45) is 0 Å². The van der Waals surface area contributed by atoms with Crippen LogP contribution in [0.15, 0.2) is 18.2 Å². The molecule has 0 aromatic heterocycles. The lowest BCUT2D eigenvalue weighted by atomic mass is 10.1. The Labute approximate surface area is 114 Å². The Morgan fingerprint density at radius 3 is 3.11 bits per heavy atom. The summed E-state index contributed by atoms with van der Waals surface area (Å²) in [6, 6.07) is 6.08. The lowest BCUT2D eigenvalue weighted by Crippen LogP contribution is -2.14. The third kappa shape index (κ3) is 4.24. The standard InChI is InChI=1S/C15H22N2O2/c1-2-16-9-4-3-5-12-6-7-14-13(11-12)17-15(18)8-10-19-14/h6-7,11,16H,2-5,8-10H2,1H3,(H,17,18). The van der Waals surface area contributed by atoms with Crippen molar-refractivity contribution >= 4 is 11.6 Å². The molecule has 0 saturated carbocycles. The normalized spacial score (nSPS) is 14.3. The summed E-state index contributed by atoms with van der Waals surface area (Å²) in [6.45, 7) is 4.68. The van der Waals surface area contributed by atoms with Crippen molar-refractivity contribution in [3.63, 3.8) is 0 Å². The minimum Gasteiger partial charge on any atom is -0.491 e. The molecule has 2 N–H and O–H groups in total. The number of nitrogens with one attached hydrogen (secondary N) is 2. The predicted octanol–water partition coefficient (Wildman–Crippen LogP) is 2.34. The molecule has 0 bridgehead atoms. The monoisotopic (exact) mass is 262 g/mol. The molecule has 0 unspecified atom stereocenters. The number of carbonyl (C=O) groups excluding carboxylic acids is 1. The maximum atomic E-state index is 11.5. The van der Waals surface area contributed by atoms with Gasteiger partial charge >= 0.3 is 0 Å². The zero-order valence-electron chi connectivity index (χ0n) is 11.5. The Morgan fingerprint density at radius 2 is 2.26 bits per heavy atom.